The van der Waals surface area contributed by atoms with Gasteiger partial charge in [0.15, 0.2) is 5.82 Å². The van der Waals surface area contributed by atoms with E-state index in [1.807, 2.05) is 13.8 Å². The minimum Gasteiger partial charge on any atom is -0.377 e. The SMILES string of the molecule is CCN(CC)S(=O)(=O)NC1CCCn2nc(COC)nc21. The molecular weight excluding hydrogens is 294 g/mol. The molecule has 0 saturated carbocycles. The third kappa shape index (κ3) is 3.60. The predicted octanol–water partition coefficient (Wildman–Crippen LogP) is 0.436. The Hall–Kier alpha value is -1.03. The van der Waals surface area contributed by atoms with E-state index < -0.39 is 10.2 Å². The van der Waals surface area contributed by atoms with E-state index in [2.05, 4.69) is 14.8 Å². The molecule has 0 spiro atoms. The van der Waals surface area contributed by atoms with Gasteiger partial charge < -0.3 is 4.74 Å². The minimum atomic E-state index is -3.50. The molecule has 9 heteroatoms. The van der Waals surface area contributed by atoms with Crippen LogP contribution in [-0.2, 0) is 28.1 Å². The Morgan fingerprint density at radius 2 is 2.14 bits per heavy atom. The predicted molar refractivity (Wildman–Crippen MR) is 77.7 cm³/mol. The van der Waals surface area contributed by atoms with Gasteiger partial charge in [0.25, 0.3) is 10.2 Å². The second kappa shape index (κ2) is 6.82. The van der Waals surface area contributed by atoms with Crippen molar-refractivity contribution in [3.8, 4) is 0 Å². The van der Waals surface area contributed by atoms with Gasteiger partial charge in [-0.3, -0.25) is 0 Å². The van der Waals surface area contributed by atoms with Gasteiger partial charge in [0.1, 0.15) is 12.4 Å². The van der Waals surface area contributed by atoms with Crippen molar-refractivity contribution in [2.24, 2.45) is 0 Å². The van der Waals surface area contributed by atoms with Crippen molar-refractivity contribution < 1.29 is 13.2 Å². The molecule has 0 fully saturated rings. The average molecular weight is 317 g/mol. The Morgan fingerprint density at radius 1 is 1.43 bits per heavy atom. The molecule has 0 aromatic carbocycles. The molecule has 1 N–H and O–H groups in total. The zero-order valence-corrected chi connectivity index (χ0v) is 13.6. The number of hydrogen-bond acceptors (Lipinski definition) is 5. The lowest BCUT2D eigenvalue weighted by molar-refractivity contribution is 0.177. The first-order valence-corrected chi connectivity index (χ1v) is 8.65. The molecule has 120 valence electrons. The van der Waals surface area contributed by atoms with Crippen LogP contribution in [0.1, 0.15) is 44.4 Å². The molecule has 1 aliphatic rings. The van der Waals surface area contributed by atoms with Crippen LogP contribution in [0.4, 0.5) is 0 Å². The largest absolute Gasteiger partial charge is 0.377 e. The highest BCUT2D eigenvalue weighted by Crippen LogP contribution is 2.24. The van der Waals surface area contributed by atoms with E-state index in [0.29, 0.717) is 31.3 Å². The summed E-state index contributed by atoms with van der Waals surface area (Å²) in [6, 6.07) is -0.331. The summed E-state index contributed by atoms with van der Waals surface area (Å²) >= 11 is 0. The first kappa shape index (κ1) is 16.3. The standard InChI is InChI=1S/C12H23N5O3S/c1-4-16(5-2)21(18,19)15-10-7-6-8-17-12(10)13-11(14-17)9-20-3/h10,15H,4-9H2,1-3H3. The Bertz CT molecular complexity index is 567. The maximum atomic E-state index is 12.3. The number of nitrogens with zero attached hydrogens (tertiary/aromatic N) is 4. The fraction of sp³-hybridized carbons (Fsp3) is 0.833. The molecule has 2 heterocycles. The molecule has 1 unspecified atom stereocenters. The van der Waals surface area contributed by atoms with E-state index >= 15 is 0 Å². The quantitative estimate of drug-likeness (QED) is 0.788. The molecule has 0 aliphatic carbocycles. The second-order valence-electron chi connectivity index (χ2n) is 4.94. The molecule has 8 nitrogen and oxygen atoms in total. The Balaban J connectivity index is 2.20. The Kier molecular flexibility index (Phi) is 5.31. The Morgan fingerprint density at radius 3 is 2.76 bits per heavy atom. The van der Waals surface area contributed by atoms with Crippen LogP contribution in [0.5, 0.6) is 0 Å². The first-order valence-electron chi connectivity index (χ1n) is 7.21. The van der Waals surface area contributed by atoms with E-state index in [-0.39, 0.29) is 6.04 Å². The zero-order valence-electron chi connectivity index (χ0n) is 12.7. The van der Waals surface area contributed by atoms with Crippen molar-refractivity contribution in [2.75, 3.05) is 20.2 Å². The summed E-state index contributed by atoms with van der Waals surface area (Å²) < 4.78 is 35.6. The van der Waals surface area contributed by atoms with Crippen LogP contribution in [0.25, 0.3) is 0 Å². The van der Waals surface area contributed by atoms with E-state index in [4.69, 9.17) is 4.74 Å². The lowest BCUT2D eigenvalue weighted by atomic mass is 10.1. The van der Waals surface area contributed by atoms with Crippen molar-refractivity contribution >= 4 is 10.2 Å². The van der Waals surface area contributed by atoms with E-state index in [0.717, 1.165) is 19.4 Å². The van der Waals surface area contributed by atoms with Gasteiger partial charge in [0.05, 0.1) is 6.04 Å². The topological polar surface area (TPSA) is 89.4 Å². The van der Waals surface area contributed by atoms with Crippen molar-refractivity contribution in [1.29, 1.82) is 0 Å². The summed E-state index contributed by atoms with van der Waals surface area (Å²) in [4.78, 5) is 4.40. The fourth-order valence-corrected chi connectivity index (χ4v) is 3.93. The smallest absolute Gasteiger partial charge is 0.280 e. The van der Waals surface area contributed by atoms with Crippen LogP contribution >= 0.6 is 0 Å². The number of hydrogen-bond donors (Lipinski definition) is 1. The van der Waals surface area contributed by atoms with E-state index in [9.17, 15) is 8.42 Å². The highest BCUT2D eigenvalue weighted by molar-refractivity contribution is 7.87. The van der Waals surface area contributed by atoms with Gasteiger partial charge in [0, 0.05) is 26.7 Å². The number of rotatable bonds is 7. The molecule has 1 aromatic rings. The van der Waals surface area contributed by atoms with Crippen LogP contribution in [0.15, 0.2) is 0 Å². The van der Waals surface area contributed by atoms with Crippen molar-refractivity contribution in [2.45, 2.75) is 45.9 Å². The summed E-state index contributed by atoms with van der Waals surface area (Å²) in [5, 5.41) is 4.34. The Labute approximate surface area is 125 Å². The van der Waals surface area contributed by atoms with Gasteiger partial charge in [-0.2, -0.15) is 22.5 Å². The van der Waals surface area contributed by atoms with E-state index in [1.165, 1.54) is 4.31 Å². The van der Waals surface area contributed by atoms with Crippen molar-refractivity contribution in [3.05, 3.63) is 11.6 Å². The number of aromatic nitrogens is 3. The summed E-state index contributed by atoms with van der Waals surface area (Å²) in [5.74, 6) is 1.26. The maximum absolute atomic E-state index is 12.3. The van der Waals surface area contributed by atoms with Crippen molar-refractivity contribution in [3.63, 3.8) is 0 Å². The lowest BCUT2D eigenvalue weighted by Crippen LogP contribution is -2.43. The number of aryl methyl sites for hydroxylation is 1. The molecule has 1 aliphatic heterocycles. The third-order valence-corrected chi connectivity index (χ3v) is 5.31. The van der Waals surface area contributed by atoms with Gasteiger partial charge in [-0.25, -0.2) is 9.67 Å². The summed E-state index contributed by atoms with van der Waals surface area (Å²) in [6.07, 6.45) is 1.60. The van der Waals surface area contributed by atoms with Gasteiger partial charge in [-0.1, -0.05) is 13.8 Å². The van der Waals surface area contributed by atoms with Gasteiger partial charge in [-0.05, 0) is 12.8 Å². The summed E-state index contributed by atoms with van der Waals surface area (Å²) in [6.45, 7) is 5.62. The van der Waals surface area contributed by atoms with Crippen LogP contribution in [-0.4, -0.2) is 47.7 Å². The van der Waals surface area contributed by atoms with E-state index in [1.54, 1.807) is 11.8 Å². The molecule has 0 saturated heterocycles. The zero-order chi connectivity index (χ0) is 15.5. The molecule has 21 heavy (non-hydrogen) atoms. The average Bonchev–Trinajstić information content (AvgIpc) is 2.83. The van der Waals surface area contributed by atoms with Gasteiger partial charge >= 0.3 is 0 Å². The maximum Gasteiger partial charge on any atom is 0.280 e. The monoisotopic (exact) mass is 317 g/mol. The number of ether oxygens (including phenoxy) is 1. The van der Waals surface area contributed by atoms with Crippen LogP contribution < -0.4 is 4.72 Å². The molecular formula is C12H23N5O3S. The molecule has 1 aromatic heterocycles. The summed E-state index contributed by atoms with van der Waals surface area (Å²) in [7, 11) is -1.91. The number of methoxy groups -OCH3 is 1. The third-order valence-electron chi connectivity index (χ3n) is 3.53. The molecule has 1 atom stereocenters. The van der Waals surface area contributed by atoms with Crippen LogP contribution in [0, 0.1) is 0 Å². The molecule has 0 bridgehead atoms. The minimum absolute atomic E-state index is 0.329. The second-order valence-corrected chi connectivity index (χ2v) is 6.65. The normalized spacial score (nSPS) is 19.0. The van der Waals surface area contributed by atoms with Gasteiger partial charge in [-0.15, -0.1) is 0 Å². The molecule has 0 amide bonds. The van der Waals surface area contributed by atoms with Crippen LogP contribution in [0.2, 0.25) is 0 Å². The van der Waals surface area contributed by atoms with Gasteiger partial charge in [0.2, 0.25) is 0 Å². The lowest BCUT2D eigenvalue weighted by Gasteiger charge is -2.26. The molecule has 2 rings (SSSR count). The highest BCUT2D eigenvalue weighted by Gasteiger charge is 2.30. The fourth-order valence-electron chi connectivity index (χ4n) is 2.52. The first-order chi connectivity index (χ1) is 10.0. The number of nitrogens with one attached hydrogen (secondary N) is 1. The van der Waals surface area contributed by atoms with Crippen LogP contribution in [0.3, 0.4) is 0 Å². The van der Waals surface area contributed by atoms with Crippen molar-refractivity contribution in [1.82, 2.24) is 23.8 Å². The highest BCUT2D eigenvalue weighted by atomic mass is 32.2. The number of fused-ring (bicyclic) bond motifs is 1. The summed E-state index contributed by atoms with van der Waals surface area (Å²) in [5.41, 5.74) is 0. The molecule has 0 radical (unpaired) electrons.